The van der Waals surface area contributed by atoms with Gasteiger partial charge in [0.1, 0.15) is 0 Å². The maximum Gasteiger partial charge on any atom is 0.0577 e. The number of aromatic nitrogens is 1. The summed E-state index contributed by atoms with van der Waals surface area (Å²) in [5.41, 5.74) is 8.82. The van der Waals surface area contributed by atoms with Crippen LogP contribution in [0, 0.1) is 0 Å². The Morgan fingerprint density at radius 2 is 2.26 bits per heavy atom. The van der Waals surface area contributed by atoms with Crippen LogP contribution in [0.1, 0.15) is 36.3 Å². The number of hydrogen-bond acceptors (Lipinski definition) is 4. The second-order valence-electron chi connectivity index (χ2n) is 6.28. The third-order valence-corrected chi connectivity index (χ3v) is 4.87. The first-order valence-electron chi connectivity index (χ1n) is 8.34. The molecule has 3 rings (SSSR count). The predicted octanol–water partition coefficient (Wildman–Crippen LogP) is 2.72. The first-order chi connectivity index (χ1) is 11.2. The van der Waals surface area contributed by atoms with Crippen LogP contribution in [-0.2, 0) is 0 Å². The minimum atomic E-state index is 0.0598. The molecule has 2 unspecified atom stereocenters. The van der Waals surface area contributed by atoms with Crippen molar-refractivity contribution in [3.05, 3.63) is 48.3 Å². The monoisotopic (exact) mass is 311 g/mol. The molecule has 0 bridgehead atoms. The topological polar surface area (TPSA) is 62.4 Å². The third kappa shape index (κ3) is 3.29. The molecule has 0 saturated carbocycles. The van der Waals surface area contributed by atoms with E-state index in [-0.39, 0.29) is 12.8 Å². The summed E-state index contributed by atoms with van der Waals surface area (Å²) in [7, 11) is 0. The Morgan fingerprint density at radius 1 is 1.39 bits per heavy atom. The lowest BCUT2D eigenvalue weighted by Gasteiger charge is -2.38. The molecular formula is C19H25N3O. The van der Waals surface area contributed by atoms with E-state index in [1.165, 1.54) is 10.9 Å². The van der Waals surface area contributed by atoms with E-state index in [4.69, 9.17) is 10.8 Å². The van der Waals surface area contributed by atoms with E-state index in [1.54, 1.807) is 0 Å². The molecule has 2 aromatic rings. The van der Waals surface area contributed by atoms with Gasteiger partial charge in [-0.2, -0.15) is 0 Å². The Morgan fingerprint density at radius 3 is 3.00 bits per heavy atom. The molecule has 0 aliphatic carbocycles. The van der Waals surface area contributed by atoms with Crippen molar-refractivity contribution in [3.8, 4) is 0 Å². The van der Waals surface area contributed by atoms with Crippen LogP contribution in [0.5, 0.6) is 0 Å². The summed E-state index contributed by atoms with van der Waals surface area (Å²) in [4.78, 5) is 6.59. The first kappa shape index (κ1) is 16.1. The Kier molecular flexibility index (Phi) is 5.06. The van der Waals surface area contributed by atoms with Crippen LogP contribution in [0.2, 0.25) is 0 Å². The highest BCUT2D eigenvalue weighted by Gasteiger charge is 2.27. The third-order valence-electron chi connectivity index (χ3n) is 4.87. The SMILES string of the molecule is C=Cc1cncc2cccc(C3CCN(CCCO)C(N)C3)c12. The maximum absolute atomic E-state index is 9.01. The van der Waals surface area contributed by atoms with Crippen molar-refractivity contribution in [1.29, 1.82) is 0 Å². The van der Waals surface area contributed by atoms with Gasteiger partial charge >= 0.3 is 0 Å². The summed E-state index contributed by atoms with van der Waals surface area (Å²) in [6, 6.07) is 6.43. The van der Waals surface area contributed by atoms with Crippen molar-refractivity contribution >= 4 is 16.8 Å². The molecular weight excluding hydrogens is 286 g/mol. The van der Waals surface area contributed by atoms with Gasteiger partial charge in [0.2, 0.25) is 0 Å². The molecule has 1 aromatic carbocycles. The van der Waals surface area contributed by atoms with Crippen LogP contribution < -0.4 is 5.73 Å². The van der Waals surface area contributed by atoms with Crippen molar-refractivity contribution in [2.24, 2.45) is 5.73 Å². The van der Waals surface area contributed by atoms with E-state index in [0.717, 1.165) is 43.3 Å². The molecule has 4 heteroatoms. The number of benzene rings is 1. The number of fused-ring (bicyclic) bond motifs is 1. The minimum absolute atomic E-state index is 0.0598. The Balaban J connectivity index is 1.88. The van der Waals surface area contributed by atoms with Gasteiger partial charge in [0.05, 0.1) is 6.17 Å². The number of likely N-dealkylation sites (tertiary alicyclic amines) is 1. The van der Waals surface area contributed by atoms with E-state index >= 15 is 0 Å². The zero-order valence-corrected chi connectivity index (χ0v) is 13.5. The van der Waals surface area contributed by atoms with Gasteiger partial charge in [0.15, 0.2) is 0 Å². The van der Waals surface area contributed by atoms with Crippen LogP contribution in [-0.4, -0.2) is 40.9 Å². The smallest absolute Gasteiger partial charge is 0.0577 e. The highest BCUT2D eigenvalue weighted by molar-refractivity contribution is 5.92. The molecule has 1 fully saturated rings. The molecule has 2 heterocycles. The average molecular weight is 311 g/mol. The van der Waals surface area contributed by atoms with Gasteiger partial charge in [-0.1, -0.05) is 30.9 Å². The quantitative estimate of drug-likeness (QED) is 0.891. The normalized spacial score (nSPS) is 22.3. The highest BCUT2D eigenvalue weighted by atomic mass is 16.3. The Hall–Kier alpha value is -1.75. The molecule has 3 N–H and O–H groups in total. The largest absolute Gasteiger partial charge is 0.396 e. The van der Waals surface area contributed by atoms with Crippen LogP contribution >= 0.6 is 0 Å². The van der Waals surface area contributed by atoms with Crippen molar-refractivity contribution in [1.82, 2.24) is 9.88 Å². The fourth-order valence-corrected chi connectivity index (χ4v) is 3.67. The lowest BCUT2D eigenvalue weighted by Crippen LogP contribution is -2.47. The van der Waals surface area contributed by atoms with Gasteiger partial charge in [0, 0.05) is 43.0 Å². The number of nitrogens with two attached hydrogens (primary N) is 1. The number of pyridine rings is 1. The number of rotatable bonds is 5. The van der Waals surface area contributed by atoms with Crippen LogP contribution in [0.4, 0.5) is 0 Å². The van der Waals surface area contributed by atoms with Crippen molar-refractivity contribution < 1.29 is 5.11 Å². The van der Waals surface area contributed by atoms with Crippen molar-refractivity contribution in [2.45, 2.75) is 31.3 Å². The molecule has 0 radical (unpaired) electrons. The molecule has 1 saturated heterocycles. The molecule has 4 nitrogen and oxygen atoms in total. The number of aliphatic hydroxyl groups excluding tert-OH is 1. The number of nitrogens with zero attached hydrogens (tertiary/aromatic N) is 2. The van der Waals surface area contributed by atoms with E-state index < -0.39 is 0 Å². The lowest BCUT2D eigenvalue weighted by atomic mass is 9.84. The van der Waals surface area contributed by atoms with Crippen LogP contribution in [0.25, 0.3) is 16.8 Å². The molecule has 2 atom stereocenters. The predicted molar refractivity (Wildman–Crippen MR) is 95.1 cm³/mol. The zero-order valence-electron chi connectivity index (χ0n) is 13.5. The molecule has 0 spiro atoms. The Bertz CT molecular complexity index is 680. The number of aliphatic hydroxyl groups is 1. The molecule has 1 aromatic heterocycles. The maximum atomic E-state index is 9.01. The van der Waals surface area contributed by atoms with E-state index in [0.29, 0.717) is 5.92 Å². The summed E-state index contributed by atoms with van der Waals surface area (Å²) in [5, 5.41) is 11.4. The Labute approximate surface area is 137 Å². The second kappa shape index (κ2) is 7.21. The van der Waals surface area contributed by atoms with Gasteiger partial charge in [-0.3, -0.25) is 9.88 Å². The van der Waals surface area contributed by atoms with Crippen molar-refractivity contribution in [3.63, 3.8) is 0 Å². The fraction of sp³-hybridized carbons (Fsp3) is 0.421. The molecule has 23 heavy (non-hydrogen) atoms. The summed E-state index contributed by atoms with van der Waals surface area (Å²) in [5.74, 6) is 0.458. The van der Waals surface area contributed by atoms with Gasteiger partial charge in [0.25, 0.3) is 0 Å². The number of hydrogen-bond donors (Lipinski definition) is 2. The van der Waals surface area contributed by atoms with E-state index in [2.05, 4.69) is 34.7 Å². The second-order valence-corrected chi connectivity index (χ2v) is 6.28. The summed E-state index contributed by atoms with van der Waals surface area (Å²) in [6.07, 6.45) is 8.58. The molecule has 1 aliphatic rings. The highest BCUT2D eigenvalue weighted by Crippen LogP contribution is 2.35. The molecule has 122 valence electrons. The van der Waals surface area contributed by atoms with E-state index in [9.17, 15) is 0 Å². The van der Waals surface area contributed by atoms with Crippen LogP contribution in [0.15, 0.2) is 37.2 Å². The van der Waals surface area contributed by atoms with Gasteiger partial charge in [-0.05, 0) is 36.1 Å². The summed E-state index contributed by atoms with van der Waals surface area (Å²) >= 11 is 0. The minimum Gasteiger partial charge on any atom is -0.396 e. The first-order valence-corrected chi connectivity index (χ1v) is 8.34. The number of piperidine rings is 1. The summed E-state index contributed by atoms with van der Waals surface area (Å²) < 4.78 is 0. The zero-order chi connectivity index (χ0) is 16.2. The fourth-order valence-electron chi connectivity index (χ4n) is 3.67. The molecule has 0 amide bonds. The average Bonchev–Trinajstić information content (AvgIpc) is 2.59. The standard InChI is InChI=1S/C19H25N3O/c1-2-14-12-21-13-16-5-3-6-17(19(14)16)15-7-9-22(8-4-10-23)18(20)11-15/h2-3,5-6,12-13,15,18,23H,1,4,7-11,20H2. The van der Waals surface area contributed by atoms with Crippen LogP contribution in [0.3, 0.4) is 0 Å². The van der Waals surface area contributed by atoms with Gasteiger partial charge in [-0.25, -0.2) is 0 Å². The lowest BCUT2D eigenvalue weighted by molar-refractivity contribution is 0.127. The van der Waals surface area contributed by atoms with Gasteiger partial charge < -0.3 is 10.8 Å². The van der Waals surface area contributed by atoms with E-state index in [1.807, 2.05) is 18.5 Å². The van der Waals surface area contributed by atoms with Crippen molar-refractivity contribution in [2.75, 3.05) is 19.7 Å². The summed E-state index contributed by atoms with van der Waals surface area (Å²) in [6.45, 7) is 6.02. The van der Waals surface area contributed by atoms with Gasteiger partial charge in [-0.15, -0.1) is 0 Å². The molecule has 1 aliphatic heterocycles.